The molecule has 0 spiro atoms. The predicted octanol–water partition coefficient (Wildman–Crippen LogP) is 2.32. The van der Waals surface area contributed by atoms with Gasteiger partial charge in [0.25, 0.3) is 5.91 Å². The fourth-order valence-corrected chi connectivity index (χ4v) is 2.21. The summed E-state index contributed by atoms with van der Waals surface area (Å²) in [7, 11) is 0. The first-order valence-electron chi connectivity index (χ1n) is 5.83. The van der Waals surface area contributed by atoms with E-state index >= 15 is 0 Å². The molecule has 0 radical (unpaired) electrons. The van der Waals surface area contributed by atoms with Gasteiger partial charge in [-0.25, -0.2) is 4.79 Å². The lowest BCUT2D eigenvalue weighted by molar-refractivity contribution is -0.141. The minimum absolute atomic E-state index is 0.214. The van der Waals surface area contributed by atoms with Crippen LogP contribution in [-0.2, 0) is 4.79 Å². The Kier molecular flexibility index (Phi) is 3.68. The molecule has 98 valence electrons. The van der Waals surface area contributed by atoms with Crippen molar-refractivity contribution in [1.82, 2.24) is 4.90 Å². The highest BCUT2D eigenvalue weighted by molar-refractivity contribution is 6.00. The number of aliphatic carboxylic acids is 1. The lowest BCUT2D eigenvalue weighted by atomic mass is 10.1. The standard InChI is InChI=1S/C12H12N4O3/c13-15-14-9-5-2-1-4-8(9)11(17)16-7-3-6-10(16)12(18)19/h1-2,4-5,10H,3,6-7H2,(H,18,19)/t10-/m0/s1. The monoisotopic (exact) mass is 260 g/mol. The molecule has 0 saturated carbocycles. The smallest absolute Gasteiger partial charge is 0.326 e. The number of benzene rings is 1. The zero-order chi connectivity index (χ0) is 13.8. The van der Waals surface area contributed by atoms with Gasteiger partial charge in [0, 0.05) is 17.0 Å². The Bertz CT molecular complexity index is 566. The van der Waals surface area contributed by atoms with Crippen molar-refractivity contribution in [2.24, 2.45) is 5.11 Å². The Morgan fingerprint density at radius 2 is 2.16 bits per heavy atom. The van der Waals surface area contributed by atoms with Crippen molar-refractivity contribution in [2.75, 3.05) is 6.54 Å². The van der Waals surface area contributed by atoms with Crippen LogP contribution in [0, 0.1) is 0 Å². The highest BCUT2D eigenvalue weighted by Gasteiger charge is 2.34. The third-order valence-electron chi connectivity index (χ3n) is 3.09. The Morgan fingerprint density at radius 3 is 2.84 bits per heavy atom. The van der Waals surface area contributed by atoms with Crippen LogP contribution in [0.25, 0.3) is 10.4 Å². The van der Waals surface area contributed by atoms with Gasteiger partial charge in [0.2, 0.25) is 0 Å². The number of carbonyl (C=O) groups excluding carboxylic acids is 1. The maximum absolute atomic E-state index is 12.3. The van der Waals surface area contributed by atoms with Crippen molar-refractivity contribution in [3.8, 4) is 0 Å². The fourth-order valence-electron chi connectivity index (χ4n) is 2.21. The number of hydrogen-bond acceptors (Lipinski definition) is 3. The molecule has 1 amide bonds. The molecule has 1 atom stereocenters. The van der Waals surface area contributed by atoms with E-state index in [-0.39, 0.29) is 11.3 Å². The molecule has 7 heteroatoms. The van der Waals surface area contributed by atoms with Crippen molar-refractivity contribution in [1.29, 1.82) is 0 Å². The van der Waals surface area contributed by atoms with Gasteiger partial charge in [-0.1, -0.05) is 23.3 Å². The molecule has 1 aromatic carbocycles. The van der Waals surface area contributed by atoms with E-state index < -0.39 is 17.9 Å². The van der Waals surface area contributed by atoms with Gasteiger partial charge in [0.05, 0.1) is 5.69 Å². The molecular weight excluding hydrogens is 248 g/mol. The molecule has 1 saturated heterocycles. The minimum Gasteiger partial charge on any atom is -0.480 e. The molecular formula is C12H12N4O3. The number of carboxylic acids is 1. The fraction of sp³-hybridized carbons (Fsp3) is 0.333. The molecule has 0 bridgehead atoms. The topological polar surface area (TPSA) is 106 Å². The lowest BCUT2D eigenvalue weighted by Gasteiger charge is -2.22. The molecule has 19 heavy (non-hydrogen) atoms. The summed E-state index contributed by atoms with van der Waals surface area (Å²) in [6.07, 6.45) is 1.11. The molecule has 1 aromatic rings. The van der Waals surface area contributed by atoms with Crippen molar-refractivity contribution < 1.29 is 14.7 Å². The molecule has 7 nitrogen and oxygen atoms in total. The number of carbonyl (C=O) groups is 2. The van der Waals surface area contributed by atoms with Gasteiger partial charge in [-0.3, -0.25) is 4.79 Å². The molecule has 0 aromatic heterocycles. The summed E-state index contributed by atoms with van der Waals surface area (Å²) in [5.41, 5.74) is 8.91. The Morgan fingerprint density at radius 1 is 1.42 bits per heavy atom. The van der Waals surface area contributed by atoms with Gasteiger partial charge in [0.15, 0.2) is 0 Å². The highest BCUT2D eigenvalue weighted by atomic mass is 16.4. The van der Waals surface area contributed by atoms with Crippen molar-refractivity contribution in [2.45, 2.75) is 18.9 Å². The zero-order valence-electron chi connectivity index (χ0n) is 10.1. The Balaban J connectivity index is 2.34. The minimum atomic E-state index is -1.01. The van der Waals surface area contributed by atoms with Crippen LogP contribution in [0.2, 0.25) is 0 Å². The van der Waals surface area contributed by atoms with E-state index in [4.69, 9.17) is 10.6 Å². The van der Waals surface area contributed by atoms with Crippen LogP contribution in [0.1, 0.15) is 23.2 Å². The molecule has 0 aliphatic carbocycles. The van der Waals surface area contributed by atoms with Gasteiger partial charge in [-0.05, 0) is 24.4 Å². The first kappa shape index (κ1) is 12.9. The zero-order valence-corrected chi connectivity index (χ0v) is 10.1. The number of amides is 1. The SMILES string of the molecule is [N-]=[N+]=Nc1ccccc1C(=O)N1CCC[C@H]1C(=O)O. The van der Waals surface area contributed by atoms with Crippen LogP contribution >= 0.6 is 0 Å². The molecule has 0 unspecified atom stereocenters. The maximum atomic E-state index is 12.3. The second kappa shape index (κ2) is 5.41. The summed E-state index contributed by atoms with van der Waals surface area (Å²) in [5.74, 6) is -1.42. The largest absolute Gasteiger partial charge is 0.480 e. The van der Waals surface area contributed by atoms with E-state index in [0.29, 0.717) is 19.4 Å². The second-order valence-corrected chi connectivity index (χ2v) is 4.20. The number of hydrogen-bond donors (Lipinski definition) is 1. The van der Waals surface area contributed by atoms with Crippen LogP contribution in [0.15, 0.2) is 29.4 Å². The number of carboxylic acid groups (broad SMARTS) is 1. The van der Waals surface area contributed by atoms with Crippen molar-refractivity contribution in [3.05, 3.63) is 40.3 Å². The van der Waals surface area contributed by atoms with Gasteiger partial charge < -0.3 is 10.0 Å². The first-order chi connectivity index (χ1) is 9.15. The van der Waals surface area contributed by atoms with Gasteiger partial charge in [-0.2, -0.15) is 0 Å². The summed E-state index contributed by atoms with van der Waals surface area (Å²) in [4.78, 5) is 27.4. The van der Waals surface area contributed by atoms with Crippen LogP contribution in [0.4, 0.5) is 5.69 Å². The van der Waals surface area contributed by atoms with Gasteiger partial charge >= 0.3 is 5.97 Å². The van der Waals surface area contributed by atoms with E-state index in [1.54, 1.807) is 12.1 Å². The van der Waals surface area contributed by atoms with E-state index in [1.807, 2.05) is 0 Å². The van der Waals surface area contributed by atoms with Crippen LogP contribution in [-0.4, -0.2) is 34.5 Å². The molecule has 1 N–H and O–H groups in total. The number of azide groups is 1. The van der Waals surface area contributed by atoms with Crippen molar-refractivity contribution >= 4 is 17.6 Å². The van der Waals surface area contributed by atoms with E-state index in [2.05, 4.69) is 10.0 Å². The Labute approximate surface area is 109 Å². The second-order valence-electron chi connectivity index (χ2n) is 4.20. The summed E-state index contributed by atoms with van der Waals surface area (Å²) in [5, 5.41) is 12.5. The molecule has 1 aliphatic rings. The number of nitrogens with zero attached hydrogens (tertiary/aromatic N) is 4. The van der Waals surface area contributed by atoms with Crippen LogP contribution in [0.5, 0.6) is 0 Å². The third kappa shape index (κ3) is 2.51. The molecule has 1 aliphatic heterocycles. The van der Waals surface area contributed by atoms with Crippen molar-refractivity contribution in [3.63, 3.8) is 0 Å². The van der Waals surface area contributed by atoms with Crippen LogP contribution < -0.4 is 0 Å². The Hall–Kier alpha value is -2.53. The average molecular weight is 260 g/mol. The normalized spacial score (nSPS) is 17.9. The molecule has 1 fully saturated rings. The number of likely N-dealkylation sites (tertiary alicyclic amines) is 1. The first-order valence-corrected chi connectivity index (χ1v) is 5.83. The lowest BCUT2D eigenvalue weighted by Crippen LogP contribution is -2.40. The molecule has 2 rings (SSSR count). The average Bonchev–Trinajstić information content (AvgIpc) is 2.88. The van der Waals surface area contributed by atoms with E-state index in [0.717, 1.165) is 0 Å². The van der Waals surface area contributed by atoms with E-state index in [9.17, 15) is 9.59 Å². The maximum Gasteiger partial charge on any atom is 0.326 e. The summed E-state index contributed by atoms with van der Waals surface area (Å²) < 4.78 is 0. The third-order valence-corrected chi connectivity index (χ3v) is 3.09. The number of rotatable bonds is 3. The highest BCUT2D eigenvalue weighted by Crippen LogP contribution is 2.25. The quantitative estimate of drug-likeness (QED) is 0.511. The van der Waals surface area contributed by atoms with Crippen LogP contribution in [0.3, 0.4) is 0 Å². The summed E-state index contributed by atoms with van der Waals surface area (Å²) in [6.45, 7) is 0.403. The van der Waals surface area contributed by atoms with Gasteiger partial charge in [0.1, 0.15) is 6.04 Å². The summed E-state index contributed by atoms with van der Waals surface area (Å²) in [6, 6.07) is 5.56. The van der Waals surface area contributed by atoms with Gasteiger partial charge in [-0.15, -0.1) is 0 Å². The predicted molar refractivity (Wildman–Crippen MR) is 66.9 cm³/mol. The molecule has 1 heterocycles. The van der Waals surface area contributed by atoms with E-state index in [1.165, 1.54) is 17.0 Å². The summed E-state index contributed by atoms with van der Waals surface area (Å²) >= 11 is 0.